The molecule has 21 heavy (non-hydrogen) atoms. The number of piperidine rings is 1. The zero-order chi connectivity index (χ0) is 15.2. The van der Waals surface area contributed by atoms with E-state index in [-0.39, 0.29) is 18.6 Å². The van der Waals surface area contributed by atoms with Crippen molar-refractivity contribution in [3.05, 3.63) is 29.8 Å². The van der Waals surface area contributed by atoms with Crippen LogP contribution in [0.3, 0.4) is 0 Å². The molecule has 0 spiro atoms. The number of aryl methyl sites for hydroxylation is 1. The summed E-state index contributed by atoms with van der Waals surface area (Å²) in [5.41, 5.74) is 1.95. The monoisotopic (exact) mass is 290 g/mol. The van der Waals surface area contributed by atoms with Gasteiger partial charge < -0.3 is 15.4 Å². The minimum absolute atomic E-state index is 0.0888. The predicted molar refractivity (Wildman–Crippen MR) is 85.5 cm³/mol. The smallest absolute Gasteiger partial charge is 0.250 e. The normalized spacial score (nSPS) is 25.6. The van der Waals surface area contributed by atoms with Crippen molar-refractivity contribution < 1.29 is 9.53 Å². The molecule has 0 aromatic heterocycles. The number of amides is 1. The molecule has 1 aliphatic heterocycles. The van der Waals surface area contributed by atoms with Crippen molar-refractivity contribution in [3.8, 4) is 0 Å². The van der Waals surface area contributed by atoms with Crippen molar-refractivity contribution in [2.45, 2.75) is 58.2 Å². The van der Waals surface area contributed by atoms with Crippen LogP contribution in [0.4, 0.5) is 5.69 Å². The van der Waals surface area contributed by atoms with Gasteiger partial charge in [-0.15, -0.1) is 0 Å². The molecule has 116 valence electrons. The fourth-order valence-electron chi connectivity index (χ4n) is 2.85. The number of ether oxygens (including phenoxy) is 1. The highest BCUT2D eigenvalue weighted by molar-refractivity contribution is 5.91. The molecule has 2 rings (SSSR count). The average molecular weight is 290 g/mol. The summed E-state index contributed by atoms with van der Waals surface area (Å²) in [6.45, 7) is 6.47. The van der Waals surface area contributed by atoms with Gasteiger partial charge in [-0.3, -0.25) is 4.79 Å². The molecule has 1 amide bonds. The quantitative estimate of drug-likeness (QED) is 0.876. The van der Waals surface area contributed by atoms with Crippen LogP contribution < -0.4 is 10.6 Å². The lowest BCUT2D eigenvalue weighted by Gasteiger charge is -2.35. The highest BCUT2D eigenvalue weighted by Gasteiger charge is 2.27. The molecule has 0 bridgehead atoms. The molecule has 3 atom stereocenters. The first-order chi connectivity index (χ1) is 10.1. The van der Waals surface area contributed by atoms with Crippen LogP contribution in [0.2, 0.25) is 0 Å². The van der Waals surface area contributed by atoms with Crippen LogP contribution in [0.1, 0.15) is 38.7 Å². The zero-order valence-corrected chi connectivity index (χ0v) is 13.2. The molecule has 1 saturated heterocycles. The Hall–Kier alpha value is -1.39. The standard InChI is InChI=1S/C17H26N2O2/c1-4-15-16(9-8-13(3)18-15)21-11-17(20)19-14-7-5-6-12(2)10-14/h5-7,10,13,15-16,18H,4,8-9,11H2,1-3H3,(H,19,20). The van der Waals surface area contributed by atoms with Crippen molar-refractivity contribution in [1.29, 1.82) is 0 Å². The number of rotatable bonds is 5. The number of benzene rings is 1. The number of anilines is 1. The van der Waals surface area contributed by atoms with Crippen molar-refractivity contribution in [1.82, 2.24) is 5.32 Å². The number of hydrogen-bond donors (Lipinski definition) is 2. The van der Waals surface area contributed by atoms with Crippen LogP contribution in [0.25, 0.3) is 0 Å². The maximum atomic E-state index is 12.0. The van der Waals surface area contributed by atoms with Gasteiger partial charge in [0.15, 0.2) is 0 Å². The fourth-order valence-corrected chi connectivity index (χ4v) is 2.85. The fraction of sp³-hybridized carbons (Fsp3) is 0.588. The Labute approximate surface area is 127 Å². The van der Waals surface area contributed by atoms with Gasteiger partial charge in [-0.2, -0.15) is 0 Å². The van der Waals surface area contributed by atoms with E-state index in [0.29, 0.717) is 12.1 Å². The molecule has 2 N–H and O–H groups in total. The Morgan fingerprint density at radius 3 is 2.95 bits per heavy atom. The molecule has 0 saturated carbocycles. The maximum Gasteiger partial charge on any atom is 0.250 e. The molecule has 1 aliphatic rings. The minimum atomic E-state index is -0.0888. The highest BCUT2D eigenvalue weighted by Crippen LogP contribution is 2.19. The van der Waals surface area contributed by atoms with E-state index in [0.717, 1.165) is 30.5 Å². The van der Waals surface area contributed by atoms with Crippen molar-refractivity contribution >= 4 is 11.6 Å². The lowest BCUT2D eigenvalue weighted by molar-refractivity contribution is -0.124. The third-order valence-corrected chi connectivity index (χ3v) is 4.00. The number of nitrogens with one attached hydrogen (secondary N) is 2. The van der Waals surface area contributed by atoms with E-state index in [1.165, 1.54) is 0 Å². The Kier molecular flexibility index (Phi) is 5.76. The van der Waals surface area contributed by atoms with E-state index >= 15 is 0 Å². The van der Waals surface area contributed by atoms with E-state index in [9.17, 15) is 4.79 Å². The second kappa shape index (κ2) is 7.57. The van der Waals surface area contributed by atoms with Gasteiger partial charge in [0.25, 0.3) is 0 Å². The molecule has 1 heterocycles. The molecule has 1 aromatic rings. The molecule has 4 heteroatoms. The second-order valence-electron chi connectivity index (χ2n) is 5.93. The van der Waals surface area contributed by atoms with Gasteiger partial charge in [0.2, 0.25) is 5.91 Å². The minimum Gasteiger partial charge on any atom is -0.367 e. The average Bonchev–Trinajstić information content (AvgIpc) is 2.45. The highest BCUT2D eigenvalue weighted by atomic mass is 16.5. The summed E-state index contributed by atoms with van der Waals surface area (Å²) in [7, 11) is 0. The lowest BCUT2D eigenvalue weighted by Crippen LogP contribution is -2.50. The molecule has 1 fully saturated rings. The number of carbonyl (C=O) groups is 1. The van der Waals surface area contributed by atoms with Crippen molar-refractivity contribution in [2.24, 2.45) is 0 Å². The van der Waals surface area contributed by atoms with Gasteiger partial charge in [-0.25, -0.2) is 0 Å². The van der Waals surface area contributed by atoms with Gasteiger partial charge in [-0.1, -0.05) is 19.1 Å². The summed E-state index contributed by atoms with van der Waals surface area (Å²) >= 11 is 0. The van der Waals surface area contributed by atoms with E-state index in [2.05, 4.69) is 24.5 Å². The summed E-state index contributed by atoms with van der Waals surface area (Å²) in [5, 5.41) is 6.42. The molecule has 1 aromatic carbocycles. The topological polar surface area (TPSA) is 50.4 Å². The zero-order valence-electron chi connectivity index (χ0n) is 13.2. The number of carbonyl (C=O) groups excluding carboxylic acids is 1. The first-order valence-electron chi connectivity index (χ1n) is 7.82. The first-order valence-corrected chi connectivity index (χ1v) is 7.82. The second-order valence-corrected chi connectivity index (χ2v) is 5.93. The van der Waals surface area contributed by atoms with Gasteiger partial charge in [0.05, 0.1) is 6.10 Å². The van der Waals surface area contributed by atoms with Crippen LogP contribution in [-0.2, 0) is 9.53 Å². The molecule has 4 nitrogen and oxygen atoms in total. The van der Waals surface area contributed by atoms with Crippen LogP contribution in [0.5, 0.6) is 0 Å². The van der Waals surface area contributed by atoms with Crippen LogP contribution in [-0.4, -0.2) is 30.7 Å². The maximum absolute atomic E-state index is 12.0. The van der Waals surface area contributed by atoms with Crippen molar-refractivity contribution in [2.75, 3.05) is 11.9 Å². The molecular formula is C17H26N2O2. The largest absolute Gasteiger partial charge is 0.367 e. The van der Waals surface area contributed by atoms with E-state index in [4.69, 9.17) is 4.74 Å². The van der Waals surface area contributed by atoms with E-state index in [1.807, 2.05) is 31.2 Å². The van der Waals surface area contributed by atoms with Crippen LogP contribution in [0, 0.1) is 6.92 Å². The van der Waals surface area contributed by atoms with Gasteiger partial charge in [0, 0.05) is 17.8 Å². The predicted octanol–water partition coefficient (Wildman–Crippen LogP) is 2.87. The molecule has 3 unspecified atom stereocenters. The van der Waals surface area contributed by atoms with Crippen LogP contribution >= 0.6 is 0 Å². The first kappa shape index (κ1) is 16.0. The van der Waals surface area contributed by atoms with Crippen LogP contribution in [0.15, 0.2) is 24.3 Å². The Balaban J connectivity index is 1.80. The molecule has 0 radical (unpaired) electrons. The third-order valence-electron chi connectivity index (χ3n) is 4.00. The summed E-state index contributed by atoms with van der Waals surface area (Å²) < 4.78 is 5.82. The summed E-state index contributed by atoms with van der Waals surface area (Å²) in [4.78, 5) is 12.0. The van der Waals surface area contributed by atoms with Gasteiger partial charge >= 0.3 is 0 Å². The number of hydrogen-bond acceptors (Lipinski definition) is 3. The van der Waals surface area contributed by atoms with E-state index in [1.54, 1.807) is 0 Å². The summed E-state index contributed by atoms with van der Waals surface area (Å²) in [6, 6.07) is 8.68. The molecular weight excluding hydrogens is 264 g/mol. The molecule has 0 aliphatic carbocycles. The Morgan fingerprint density at radius 2 is 2.24 bits per heavy atom. The third kappa shape index (κ3) is 4.83. The summed E-state index contributed by atoms with van der Waals surface area (Å²) in [5.74, 6) is -0.0888. The Bertz CT molecular complexity index is 476. The van der Waals surface area contributed by atoms with E-state index < -0.39 is 0 Å². The lowest BCUT2D eigenvalue weighted by atomic mass is 9.95. The summed E-state index contributed by atoms with van der Waals surface area (Å²) in [6.07, 6.45) is 3.27. The Morgan fingerprint density at radius 1 is 1.43 bits per heavy atom. The van der Waals surface area contributed by atoms with Gasteiger partial charge in [-0.05, 0) is 50.8 Å². The SMILES string of the molecule is CCC1NC(C)CCC1OCC(=O)Nc1cccc(C)c1. The van der Waals surface area contributed by atoms with Crippen molar-refractivity contribution in [3.63, 3.8) is 0 Å². The van der Waals surface area contributed by atoms with Gasteiger partial charge in [0.1, 0.15) is 6.61 Å².